The standard InChI is InChI=1S/C23H22N4S/c1-16-7-6-10-18(13-16)21-22(28-23(24)26-21)19-11-12-25-20(14-19)27(2)15-17-8-4-3-5-9-17/h3-14H,15H2,1-2H3,(H2,24,26). The van der Waals surface area contributed by atoms with E-state index < -0.39 is 0 Å². The summed E-state index contributed by atoms with van der Waals surface area (Å²) in [5.74, 6) is 0.920. The Morgan fingerprint density at radius 1 is 0.964 bits per heavy atom. The zero-order chi connectivity index (χ0) is 19.5. The molecule has 0 fully saturated rings. The van der Waals surface area contributed by atoms with Gasteiger partial charge in [0.05, 0.1) is 10.6 Å². The molecule has 0 atom stereocenters. The minimum atomic E-state index is 0.572. The summed E-state index contributed by atoms with van der Waals surface area (Å²) in [5.41, 5.74) is 11.6. The van der Waals surface area contributed by atoms with Gasteiger partial charge in [0.15, 0.2) is 5.13 Å². The third kappa shape index (κ3) is 3.89. The van der Waals surface area contributed by atoms with Crippen molar-refractivity contribution in [1.82, 2.24) is 9.97 Å². The number of benzene rings is 2. The van der Waals surface area contributed by atoms with Crippen molar-refractivity contribution in [2.45, 2.75) is 13.5 Å². The molecule has 5 heteroatoms. The van der Waals surface area contributed by atoms with Crippen molar-refractivity contribution in [2.24, 2.45) is 0 Å². The number of nitrogens with two attached hydrogens (primary N) is 1. The smallest absolute Gasteiger partial charge is 0.181 e. The topological polar surface area (TPSA) is 55.0 Å². The highest BCUT2D eigenvalue weighted by Crippen LogP contribution is 2.38. The summed E-state index contributed by atoms with van der Waals surface area (Å²) in [4.78, 5) is 12.4. The highest BCUT2D eigenvalue weighted by Gasteiger charge is 2.15. The van der Waals surface area contributed by atoms with Crippen LogP contribution in [-0.2, 0) is 6.54 Å². The average Bonchev–Trinajstić information content (AvgIpc) is 3.11. The van der Waals surface area contributed by atoms with Crippen molar-refractivity contribution < 1.29 is 0 Å². The second-order valence-electron chi connectivity index (χ2n) is 6.84. The van der Waals surface area contributed by atoms with E-state index in [9.17, 15) is 0 Å². The molecule has 0 aliphatic rings. The number of nitrogens with zero attached hydrogens (tertiary/aromatic N) is 3. The molecule has 0 aliphatic heterocycles. The van der Waals surface area contributed by atoms with Crippen molar-refractivity contribution in [3.63, 3.8) is 0 Å². The number of nitrogen functional groups attached to an aromatic ring is 1. The van der Waals surface area contributed by atoms with Crippen LogP contribution in [0.25, 0.3) is 21.7 Å². The van der Waals surface area contributed by atoms with E-state index in [1.54, 1.807) is 0 Å². The van der Waals surface area contributed by atoms with Gasteiger partial charge in [-0.05, 0) is 36.2 Å². The Labute approximate surface area is 169 Å². The summed E-state index contributed by atoms with van der Waals surface area (Å²) >= 11 is 1.51. The number of aryl methyl sites for hydroxylation is 1. The van der Waals surface area contributed by atoms with Crippen LogP contribution in [0.15, 0.2) is 72.9 Å². The molecule has 0 saturated carbocycles. The second kappa shape index (κ2) is 7.82. The Hall–Kier alpha value is -3.18. The molecule has 4 rings (SSSR count). The van der Waals surface area contributed by atoms with E-state index in [0.29, 0.717) is 5.13 Å². The molecule has 0 aliphatic carbocycles. The maximum absolute atomic E-state index is 6.07. The van der Waals surface area contributed by atoms with Crippen molar-refractivity contribution in [1.29, 1.82) is 0 Å². The molecule has 0 radical (unpaired) electrons. The molecule has 2 aromatic heterocycles. The SMILES string of the molecule is Cc1cccc(-c2nc(N)sc2-c2ccnc(N(C)Cc3ccccc3)c2)c1. The quantitative estimate of drug-likeness (QED) is 0.499. The van der Waals surface area contributed by atoms with E-state index in [1.807, 2.05) is 18.3 Å². The highest BCUT2D eigenvalue weighted by atomic mass is 32.1. The van der Waals surface area contributed by atoms with Crippen molar-refractivity contribution >= 4 is 22.3 Å². The van der Waals surface area contributed by atoms with E-state index in [-0.39, 0.29) is 0 Å². The lowest BCUT2D eigenvalue weighted by molar-refractivity contribution is 0.898. The van der Waals surface area contributed by atoms with Gasteiger partial charge in [0.25, 0.3) is 0 Å². The summed E-state index contributed by atoms with van der Waals surface area (Å²) in [6, 6.07) is 22.9. The lowest BCUT2D eigenvalue weighted by Gasteiger charge is -2.19. The molecule has 2 aromatic carbocycles. The molecule has 28 heavy (non-hydrogen) atoms. The van der Waals surface area contributed by atoms with Gasteiger partial charge in [-0.25, -0.2) is 9.97 Å². The molecular weight excluding hydrogens is 364 g/mol. The maximum Gasteiger partial charge on any atom is 0.181 e. The van der Waals surface area contributed by atoms with Crippen LogP contribution in [0.4, 0.5) is 10.9 Å². The summed E-state index contributed by atoms with van der Waals surface area (Å²) < 4.78 is 0. The molecule has 0 saturated heterocycles. The summed E-state index contributed by atoms with van der Waals surface area (Å²) in [6.45, 7) is 2.88. The lowest BCUT2D eigenvalue weighted by Crippen LogP contribution is -2.17. The molecule has 0 amide bonds. The summed E-state index contributed by atoms with van der Waals surface area (Å²) in [7, 11) is 2.06. The zero-order valence-electron chi connectivity index (χ0n) is 16.0. The van der Waals surface area contributed by atoms with Crippen molar-refractivity contribution in [3.8, 4) is 21.7 Å². The van der Waals surface area contributed by atoms with Gasteiger partial charge < -0.3 is 10.6 Å². The third-order valence-electron chi connectivity index (χ3n) is 4.60. The Morgan fingerprint density at radius 2 is 1.79 bits per heavy atom. The van der Waals surface area contributed by atoms with E-state index in [2.05, 4.69) is 83.4 Å². The number of aromatic nitrogens is 2. The summed E-state index contributed by atoms with van der Waals surface area (Å²) in [6.07, 6.45) is 1.85. The fraction of sp³-hybridized carbons (Fsp3) is 0.130. The van der Waals surface area contributed by atoms with Crippen LogP contribution in [0.1, 0.15) is 11.1 Å². The van der Waals surface area contributed by atoms with Gasteiger partial charge in [0.2, 0.25) is 0 Å². The molecule has 2 heterocycles. The maximum atomic E-state index is 6.07. The van der Waals surface area contributed by atoms with Gasteiger partial charge in [-0.1, -0.05) is 65.4 Å². The fourth-order valence-corrected chi connectivity index (χ4v) is 4.08. The van der Waals surface area contributed by atoms with Crippen LogP contribution in [0.3, 0.4) is 0 Å². The van der Waals surface area contributed by atoms with Crippen LogP contribution in [0.5, 0.6) is 0 Å². The molecule has 4 aromatic rings. The van der Waals surface area contributed by atoms with Crippen LogP contribution in [-0.4, -0.2) is 17.0 Å². The first-order valence-electron chi connectivity index (χ1n) is 9.15. The van der Waals surface area contributed by atoms with E-state index in [0.717, 1.165) is 34.1 Å². The van der Waals surface area contributed by atoms with Crippen LogP contribution < -0.4 is 10.6 Å². The highest BCUT2D eigenvalue weighted by molar-refractivity contribution is 7.19. The monoisotopic (exact) mass is 386 g/mol. The van der Waals surface area contributed by atoms with E-state index in [4.69, 9.17) is 5.73 Å². The normalized spacial score (nSPS) is 10.8. The average molecular weight is 387 g/mol. The number of thiazole rings is 1. The van der Waals surface area contributed by atoms with Gasteiger partial charge >= 0.3 is 0 Å². The van der Waals surface area contributed by atoms with Gasteiger partial charge in [0, 0.05) is 25.4 Å². The molecule has 2 N–H and O–H groups in total. The fourth-order valence-electron chi connectivity index (χ4n) is 3.23. The number of hydrogen-bond acceptors (Lipinski definition) is 5. The molecule has 140 valence electrons. The van der Waals surface area contributed by atoms with Crippen LogP contribution in [0.2, 0.25) is 0 Å². The Balaban J connectivity index is 1.69. The number of hydrogen-bond donors (Lipinski definition) is 1. The molecular formula is C23H22N4S. The molecule has 0 bridgehead atoms. The van der Waals surface area contributed by atoms with Crippen LogP contribution >= 0.6 is 11.3 Å². The predicted molar refractivity (Wildman–Crippen MR) is 118 cm³/mol. The molecule has 0 unspecified atom stereocenters. The molecule has 4 nitrogen and oxygen atoms in total. The van der Waals surface area contributed by atoms with Crippen LogP contribution in [0, 0.1) is 6.92 Å². The van der Waals surface area contributed by atoms with Gasteiger partial charge in [-0.2, -0.15) is 0 Å². The number of pyridine rings is 1. The van der Waals surface area contributed by atoms with Crippen molar-refractivity contribution in [3.05, 3.63) is 84.1 Å². The minimum Gasteiger partial charge on any atom is -0.375 e. The van der Waals surface area contributed by atoms with Crippen molar-refractivity contribution in [2.75, 3.05) is 17.7 Å². The Morgan fingerprint density at radius 3 is 2.57 bits per heavy atom. The number of rotatable bonds is 5. The van der Waals surface area contributed by atoms with E-state index >= 15 is 0 Å². The lowest BCUT2D eigenvalue weighted by atomic mass is 10.1. The third-order valence-corrected chi connectivity index (χ3v) is 5.53. The van der Waals surface area contributed by atoms with Gasteiger partial charge in [-0.15, -0.1) is 0 Å². The first-order valence-corrected chi connectivity index (χ1v) is 9.96. The summed E-state index contributed by atoms with van der Waals surface area (Å²) in [5, 5.41) is 0.572. The Kier molecular flexibility index (Phi) is 5.08. The van der Waals surface area contributed by atoms with E-state index in [1.165, 1.54) is 22.5 Å². The van der Waals surface area contributed by atoms with Gasteiger partial charge in [-0.3, -0.25) is 0 Å². The molecule has 0 spiro atoms. The first-order chi connectivity index (χ1) is 13.6. The number of anilines is 2. The first kappa shape index (κ1) is 18.2. The Bertz CT molecular complexity index is 1090. The van der Waals surface area contributed by atoms with Gasteiger partial charge in [0.1, 0.15) is 5.82 Å². The predicted octanol–water partition coefficient (Wildman–Crippen LogP) is 5.40. The minimum absolute atomic E-state index is 0.572. The zero-order valence-corrected chi connectivity index (χ0v) is 16.8. The largest absolute Gasteiger partial charge is 0.375 e. The second-order valence-corrected chi connectivity index (χ2v) is 7.87.